The van der Waals surface area contributed by atoms with E-state index in [1.165, 1.54) is 23.1 Å². The van der Waals surface area contributed by atoms with Gasteiger partial charge in [-0.15, -0.1) is 5.10 Å². The number of hydrogen-bond acceptors (Lipinski definition) is 5. The average Bonchev–Trinajstić information content (AvgIpc) is 2.97. The molecule has 3 rings (SSSR count). The summed E-state index contributed by atoms with van der Waals surface area (Å²) in [6.07, 6.45) is 1.26. The van der Waals surface area contributed by atoms with Gasteiger partial charge in [-0.3, -0.25) is 14.2 Å². The van der Waals surface area contributed by atoms with Crippen LogP contribution in [0.25, 0.3) is 11.2 Å². The zero-order chi connectivity index (χ0) is 17.3. The summed E-state index contributed by atoms with van der Waals surface area (Å²) in [6.45, 7) is 2.11. The van der Waals surface area contributed by atoms with Crippen LogP contribution in [0.3, 0.4) is 0 Å². The summed E-state index contributed by atoms with van der Waals surface area (Å²) < 4.78 is 15.7. The van der Waals surface area contributed by atoms with Gasteiger partial charge in [0.25, 0.3) is 5.56 Å². The minimum Gasteiger partial charge on any atom is -0.324 e. The van der Waals surface area contributed by atoms with Crippen LogP contribution in [0.2, 0.25) is 5.02 Å². The topological polar surface area (TPSA) is 94.7 Å². The summed E-state index contributed by atoms with van der Waals surface area (Å²) in [4.78, 5) is 28.5. The van der Waals surface area contributed by atoms with Gasteiger partial charge in [0, 0.05) is 12.2 Å². The number of carbonyl (C=O) groups excluding carboxylic acids is 1. The Morgan fingerprint density at radius 3 is 2.92 bits per heavy atom. The Bertz CT molecular complexity index is 983. The first-order valence-electron chi connectivity index (χ1n) is 7.03. The fraction of sp³-hybridized carbons (Fsp3) is 0.214. The molecule has 3 aromatic rings. The number of nitrogens with zero attached hydrogens (tertiary/aromatic N) is 5. The number of aryl methyl sites for hydroxylation is 1. The quantitative estimate of drug-likeness (QED) is 0.768. The largest absolute Gasteiger partial charge is 0.324 e. The van der Waals surface area contributed by atoms with E-state index < -0.39 is 17.3 Å². The molecule has 0 aliphatic rings. The van der Waals surface area contributed by atoms with E-state index in [1.54, 1.807) is 0 Å². The van der Waals surface area contributed by atoms with E-state index >= 15 is 0 Å². The molecular formula is C14H12ClFN6O2. The molecule has 0 aliphatic carbocycles. The number of nitrogens with one attached hydrogen (secondary N) is 1. The summed E-state index contributed by atoms with van der Waals surface area (Å²) >= 11 is 5.66. The molecule has 24 heavy (non-hydrogen) atoms. The molecule has 0 saturated heterocycles. The summed E-state index contributed by atoms with van der Waals surface area (Å²) in [5, 5.41) is 10.0. The molecule has 8 nitrogen and oxygen atoms in total. The highest BCUT2D eigenvalue weighted by molar-refractivity contribution is 6.31. The number of amides is 1. The SMILES string of the molecule is CCn1nnc2c(=O)n(CC(=O)Nc3ccc(F)c(Cl)c3)cnc21. The first kappa shape index (κ1) is 16.1. The van der Waals surface area contributed by atoms with Gasteiger partial charge in [0.05, 0.1) is 5.02 Å². The van der Waals surface area contributed by atoms with Crippen LogP contribution in [0, 0.1) is 5.82 Å². The molecule has 1 N–H and O–H groups in total. The molecule has 0 aliphatic heterocycles. The fourth-order valence-electron chi connectivity index (χ4n) is 2.14. The van der Waals surface area contributed by atoms with Crippen molar-refractivity contribution in [2.75, 3.05) is 5.32 Å². The van der Waals surface area contributed by atoms with Crippen LogP contribution in [-0.2, 0) is 17.9 Å². The molecule has 10 heteroatoms. The van der Waals surface area contributed by atoms with E-state index in [2.05, 4.69) is 20.6 Å². The van der Waals surface area contributed by atoms with Gasteiger partial charge in [-0.25, -0.2) is 14.1 Å². The molecule has 0 fully saturated rings. The van der Waals surface area contributed by atoms with E-state index in [0.717, 1.165) is 10.6 Å². The molecule has 1 aromatic carbocycles. The Hall–Kier alpha value is -2.81. The third-order valence-corrected chi connectivity index (χ3v) is 3.60. The standard InChI is InChI=1S/C14H12ClFN6O2/c1-2-22-13-12(19-20-22)14(24)21(7-17-13)6-11(23)18-8-3-4-10(16)9(15)5-8/h3-5,7H,2,6H2,1H3,(H,18,23). The van der Waals surface area contributed by atoms with E-state index in [0.29, 0.717) is 17.9 Å². The Morgan fingerprint density at radius 2 is 2.21 bits per heavy atom. The van der Waals surface area contributed by atoms with Crippen LogP contribution < -0.4 is 10.9 Å². The predicted octanol–water partition coefficient (Wildman–Crippen LogP) is 1.44. The predicted molar refractivity (Wildman–Crippen MR) is 85.3 cm³/mol. The molecular weight excluding hydrogens is 339 g/mol. The Morgan fingerprint density at radius 1 is 1.42 bits per heavy atom. The molecule has 124 valence electrons. The normalized spacial score (nSPS) is 11.0. The van der Waals surface area contributed by atoms with E-state index in [-0.39, 0.29) is 17.1 Å². The Kier molecular flexibility index (Phi) is 4.26. The summed E-state index contributed by atoms with van der Waals surface area (Å²) in [5.41, 5.74) is 0.318. The highest BCUT2D eigenvalue weighted by atomic mass is 35.5. The van der Waals surface area contributed by atoms with Crippen LogP contribution in [0.1, 0.15) is 6.92 Å². The molecule has 2 heterocycles. The second kappa shape index (κ2) is 6.36. The Balaban J connectivity index is 1.81. The van der Waals surface area contributed by atoms with Crippen molar-refractivity contribution in [2.24, 2.45) is 0 Å². The van der Waals surface area contributed by atoms with Gasteiger partial charge >= 0.3 is 0 Å². The second-order valence-corrected chi connectivity index (χ2v) is 5.34. The first-order valence-corrected chi connectivity index (χ1v) is 7.41. The number of benzene rings is 1. The number of halogens is 2. The van der Waals surface area contributed by atoms with E-state index in [1.807, 2.05) is 6.92 Å². The number of aromatic nitrogens is 5. The van der Waals surface area contributed by atoms with E-state index in [9.17, 15) is 14.0 Å². The van der Waals surface area contributed by atoms with Crippen molar-refractivity contribution in [3.63, 3.8) is 0 Å². The van der Waals surface area contributed by atoms with Gasteiger partial charge in [0.2, 0.25) is 5.91 Å². The molecule has 0 bridgehead atoms. The number of hydrogen-bond donors (Lipinski definition) is 1. The van der Waals surface area contributed by atoms with Gasteiger partial charge in [0.15, 0.2) is 11.2 Å². The smallest absolute Gasteiger partial charge is 0.283 e. The molecule has 1 amide bonds. The van der Waals surface area contributed by atoms with Gasteiger partial charge in [-0.2, -0.15) is 0 Å². The van der Waals surface area contributed by atoms with Crippen molar-refractivity contribution in [1.29, 1.82) is 0 Å². The third-order valence-electron chi connectivity index (χ3n) is 3.31. The third kappa shape index (κ3) is 2.98. The lowest BCUT2D eigenvalue weighted by molar-refractivity contribution is -0.116. The maximum absolute atomic E-state index is 13.1. The van der Waals surface area contributed by atoms with Crippen molar-refractivity contribution >= 4 is 34.4 Å². The number of rotatable bonds is 4. The van der Waals surface area contributed by atoms with Crippen LogP contribution in [0.15, 0.2) is 29.3 Å². The summed E-state index contributed by atoms with van der Waals surface area (Å²) in [7, 11) is 0. The zero-order valence-corrected chi connectivity index (χ0v) is 13.3. The van der Waals surface area contributed by atoms with Crippen LogP contribution in [-0.4, -0.2) is 30.5 Å². The number of fused-ring (bicyclic) bond motifs is 1. The lowest BCUT2D eigenvalue weighted by Crippen LogP contribution is -2.28. The Labute approximate surface area is 139 Å². The van der Waals surface area contributed by atoms with Gasteiger partial charge in [-0.1, -0.05) is 16.8 Å². The minimum atomic E-state index is -0.584. The summed E-state index contributed by atoms with van der Waals surface area (Å²) in [6, 6.07) is 3.79. The van der Waals surface area contributed by atoms with Crippen LogP contribution >= 0.6 is 11.6 Å². The van der Waals surface area contributed by atoms with Crippen molar-refractivity contribution in [2.45, 2.75) is 20.0 Å². The maximum atomic E-state index is 13.1. The van der Waals surface area contributed by atoms with Crippen LogP contribution in [0.5, 0.6) is 0 Å². The van der Waals surface area contributed by atoms with E-state index in [4.69, 9.17) is 11.6 Å². The highest BCUT2D eigenvalue weighted by Crippen LogP contribution is 2.19. The maximum Gasteiger partial charge on any atom is 0.283 e. The molecule has 0 spiro atoms. The summed E-state index contributed by atoms with van der Waals surface area (Å²) in [5.74, 6) is -1.07. The molecule has 0 atom stereocenters. The average molecular weight is 351 g/mol. The molecule has 0 saturated carbocycles. The minimum absolute atomic E-state index is 0.0944. The molecule has 0 unspecified atom stereocenters. The van der Waals surface area contributed by atoms with Crippen molar-refractivity contribution in [3.8, 4) is 0 Å². The molecule has 2 aromatic heterocycles. The number of anilines is 1. The van der Waals surface area contributed by atoms with Gasteiger partial charge in [0.1, 0.15) is 18.7 Å². The van der Waals surface area contributed by atoms with Gasteiger partial charge < -0.3 is 5.32 Å². The second-order valence-electron chi connectivity index (χ2n) is 4.93. The van der Waals surface area contributed by atoms with Crippen LogP contribution in [0.4, 0.5) is 10.1 Å². The van der Waals surface area contributed by atoms with Crippen molar-refractivity contribution in [3.05, 3.63) is 45.7 Å². The first-order chi connectivity index (χ1) is 11.5. The lowest BCUT2D eigenvalue weighted by atomic mass is 10.3. The fourth-order valence-corrected chi connectivity index (χ4v) is 2.32. The highest BCUT2D eigenvalue weighted by Gasteiger charge is 2.13. The zero-order valence-electron chi connectivity index (χ0n) is 12.5. The lowest BCUT2D eigenvalue weighted by Gasteiger charge is -2.07. The van der Waals surface area contributed by atoms with Crippen molar-refractivity contribution < 1.29 is 9.18 Å². The monoisotopic (exact) mass is 350 g/mol. The van der Waals surface area contributed by atoms with Gasteiger partial charge in [-0.05, 0) is 25.1 Å². The van der Waals surface area contributed by atoms with Crippen molar-refractivity contribution in [1.82, 2.24) is 24.5 Å². The number of carbonyl (C=O) groups is 1. The molecule has 0 radical (unpaired) electrons.